The molecule has 7 nitrogen and oxygen atoms in total. The van der Waals surface area contributed by atoms with Crippen molar-refractivity contribution in [3.63, 3.8) is 0 Å². The van der Waals surface area contributed by atoms with E-state index >= 15 is 0 Å². The average molecular weight is 275 g/mol. The number of carbonyl (C=O) groups excluding carboxylic acids is 3. The molecular weight excluding hydrogens is 262 g/mol. The number of rotatable bonds is 2. The smallest absolute Gasteiger partial charge is 0.417 e. The predicted octanol–water partition coefficient (Wildman–Crippen LogP) is 0.275. The fourth-order valence-electron chi connectivity index (χ4n) is 2.53. The second-order valence-corrected chi connectivity index (χ2v) is 4.75. The van der Waals surface area contributed by atoms with Crippen molar-refractivity contribution in [3.8, 4) is 0 Å². The summed E-state index contributed by atoms with van der Waals surface area (Å²) in [5, 5.41) is 0. The highest BCUT2D eigenvalue weighted by atomic mass is 16.6. The Morgan fingerprint density at radius 2 is 2.25 bits per heavy atom. The molecule has 0 N–H and O–H groups in total. The molecular formula is C13H13N3O4. The fourth-order valence-corrected chi connectivity index (χ4v) is 2.53. The minimum absolute atomic E-state index is 0.138. The third-order valence-corrected chi connectivity index (χ3v) is 3.51. The molecule has 3 heterocycles. The topological polar surface area (TPSA) is 79.8 Å². The number of cyclic esters (lactones) is 1. The van der Waals surface area contributed by atoms with Crippen molar-refractivity contribution >= 4 is 17.9 Å². The summed E-state index contributed by atoms with van der Waals surface area (Å²) >= 11 is 0. The molecule has 1 aromatic rings. The molecule has 20 heavy (non-hydrogen) atoms. The molecule has 0 aromatic carbocycles. The highest BCUT2D eigenvalue weighted by Crippen LogP contribution is 2.21. The van der Waals surface area contributed by atoms with Crippen LogP contribution in [0.2, 0.25) is 0 Å². The van der Waals surface area contributed by atoms with Crippen molar-refractivity contribution in [1.82, 2.24) is 14.8 Å². The second-order valence-electron chi connectivity index (χ2n) is 4.75. The summed E-state index contributed by atoms with van der Waals surface area (Å²) in [6.45, 7) is 0.649. The van der Waals surface area contributed by atoms with Crippen molar-refractivity contribution in [3.05, 3.63) is 30.1 Å². The second kappa shape index (κ2) is 4.92. The first kappa shape index (κ1) is 12.6. The molecule has 0 radical (unpaired) electrons. The van der Waals surface area contributed by atoms with E-state index in [0.29, 0.717) is 25.1 Å². The van der Waals surface area contributed by atoms with E-state index in [1.54, 1.807) is 23.2 Å². The zero-order valence-electron chi connectivity index (χ0n) is 10.7. The van der Waals surface area contributed by atoms with Gasteiger partial charge in [-0.2, -0.15) is 0 Å². The Morgan fingerprint density at radius 3 is 2.90 bits per heavy atom. The van der Waals surface area contributed by atoms with Crippen LogP contribution in [0.1, 0.15) is 16.8 Å². The Bertz CT molecular complexity index is 544. The number of hydrogen-bond acceptors (Lipinski definition) is 5. The van der Waals surface area contributed by atoms with Crippen molar-refractivity contribution in [2.45, 2.75) is 12.5 Å². The summed E-state index contributed by atoms with van der Waals surface area (Å²) < 4.78 is 4.69. The lowest BCUT2D eigenvalue weighted by Gasteiger charge is -2.20. The standard InChI is InChI=1S/C13H13N3O4/c17-11-8-20-13(19)16(11)10-3-5-15(7-10)12(18)9-2-1-4-14-6-9/h1-2,4,6,10H,3,5,7-8H2. The maximum absolute atomic E-state index is 12.2. The number of nitrogens with zero attached hydrogens (tertiary/aromatic N) is 3. The van der Waals surface area contributed by atoms with Crippen LogP contribution in [-0.2, 0) is 9.53 Å². The van der Waals surface area contributed by atoms with E-state index in [4.69, 9.17) is 4.74 Å². The maximum Gasteiger partial charge on any atom is 0.417 e. The minimum Gasteiger partial charge on any atom is -0.439 e. The van der Waals surface area contributed by atoms with Crippen molar-refractivity contribution in [2.75, 3.05) is 19.7 Å². The van der Waals surface area contributed by atoms with Crippen molar-refractivity contribution in [2.24, 2.45) is 0 Å². The maximum atomic E-state index is 12.2. The van der Waals surface area contributed by atoms with Gasteiger partial charge in [-0.05, 0) is 18.6 Å². The van der Waals surface area contributed by atoms with Gasteiger partial charge in [0.2, 0.25) is 0 Å². The first-order valence-electron chi connectivity index (χ1n) is 6.35. The SMILES string of the molecule is O=C(c1cccnc1)N1CCC(N2C(=O)COC2=O)C1. The highest BCUT2D eigenvalue weighted by molar-refractivity contribution is 5.98. The van der Waals surface area contributed by atoms with E-state index in [1.165, 1.54) is 6.20 Å². The van der Waals surface area contributed by atoms with Crippen molar-refractivity contribution in [1.29, 1.82) is 0 Å². The molecule has 0 spiro atoms. The molecule has 1 atom stereocenters. The van der Waals surface area contributed by atoms with Gasteiger partial charge in [-0.1, -0.05) is 0 Å². The summed E-state index contributed by atoms with van der Waals surface area (Å²) in [5.41, 5.74) is 0.503. The van der Waals surface area contributed by atoms with Crippen LogP contribution in [0.5, 0.6) is 0 Å². The van der Waals surface area contributed by atoms with Crippen LogP contribution in [0.15, 0.2) is 24.5 Å². The molecule has 2 saturated heterocycles. The van der Waals surface area contributed by atoms with E-state index in [2.05, 4.69) is 4.98 Å². The molecule has 0 saturated carbocycles. The van der Waals surface area contributed by atoms with Gasteiger partial charge in [-0.15, -0.1) is 0 Å². The lowest BCUT2D eigenvalue weighted by atomic mass is 10.2. The Kier molecular flexibility index (Phi) is 3.09. The number of amides is 3. The van der Waals surface area contributed by atoms with Gasteiger partial charge in [0.15, 0.2) is 6.61 Å². The summed E-state index contributed by atoms with van der Waals surface area (Å²) in [6.07, 6.45) is 3.07. The molecule has 3 amide bonds. The van der Waals surface area contributed by atoms with E-state index < -0.39 is 6.09 Å². The zero-order chi connectivity index (χ0) is 14.1. The number of hydrogen-bond donors (Lipinski definition) is 0. The molecule has 104 valence electrons. The molecule has 1 aromatic heterocycles. The Labute approximate surface area is 115 Å². The molecule has 7 heteroatoms. The van der Waals surface area contributed by atoms with Crippen LogP contribution in [0.3, 0.4) is 0 Å². The quantitative estimate of drug-likeness (QED) is 0.774. The summed E-state index contributed by atoms with van der Waals surface area (Å²) in [5.74, 6) is -0.476. The van der Waals surface area contributed by atoms with Crippen LogP contribution in [0.25, 0.3) is 0 Å². The van der Waals surface area contributed by atoms with Gasteiger partial charge in [-0.3, -0.25) is 14.6 Å². The zero-order valence-corrected chi connectivity index (χ0v) is 10.7. The van der Waals surface area contributed by atoms with E-state index in [9.17, 15) is 14.4 Å². The van der Waals surface area contributed by atoms with Crippen LogP contribution in [0, 0.1) is 0 Å². The summed E-state index contributed by atoms with van der Waals surface area (Å²) in [6, 6.07) is 3.10. The highest BCUT2D eigenvalue weighted by Gasteiger charge is 2.41. The van der Waals surface area contributed by atoms with Crippen LogP contribution < -0.4 is 0 Å². The molecule has 2 aliphatic heterocycles. The normalized spacial score (nSPS) is 22.3. The van der Waals surface area contributed by atoms with Crippen molar-refractivity contribution < 1.29 is 19.1 Å². The largest absolute Gasteiger partial charge is 0.439 e. The van der Waals surface area contributed by atoms with Gasteiger partial charge < -0.3 is 9.64 Å². The summed E-state index contributed by atoms with van der Waals surface area (Å²) in [7, 11) is 0. The molecule has 2 fully saturated rings. The number of carbonyl (C=O) groups is 3. The number of imide groups is 1. The first-order valence-corrected chi connectivity index (χ1v) is 6.35. The molecule has 0 aliphatic carbocycles. The number of pyridine rings is 1. The Morgan fingerprint density at radius 1 is 1.40 bits per heavy atom. The van der Waals surface area contributed by atoms with Gasteiger partial charge in [-0.25, -0.2) is 9.69 Å². The van der Waals surface area contributed by atoms with Gasteiger partial charge in [0.25, 0.3) is 11.8 Å². The first-order chi connectivity index (χ1) is 9.66. The lowest BCUT2D eigenvalue weighted by molar-refractivity contribution is -0.127. The fraction of sp³-hybridized carbons (Fsp3) is 0.385. The number of aromatic nitrogens is 1. The third-order valence-electron chi connectivity index (χ3n) is 3.51. The van der Waals surface area contributed by atoms with Crippen LogP contribution in [-0.4, -0.2) is 58.4 Å². The Balaban J connectivity index is 1.69. The number of likely N-dealkylation sites (tertiary alicyclic amines) is 1. The van der Waals surface area contributed by atoms with Gasteiger partial charge in [0.1, 0.15) is 0 Å². The molecule has 2 aliphatic rings. The van der Waals surface area contributed by atoms with E-state index in [-0.39, 0.29) is 24.5 Å². The summed E-state index contributed by atoms with van der Waals surface area (Å²) in [4.78, 5) is 42.0. The van der Waals surface area contributed by atoms with E-state index in [1.807, 2.05) is 0 Å². The average Bonchev–Trinajstić information content (AvgIpc) is 3.06. The van der Waals surface area contributed by atoms with Gasteiger partial charge >= 0.3 is 6.09 Å². The predicted molar refractivity (Wildman–Crippen MR) is 66.7 cm³/mol. The molecule has 1 unspecified atom stereocenters. The van der Waals surface area contributed by atoms with Gasteiger partial charge in [0, 0.05) is 25.5 Å². The van der Waals surface area contributed by atoms with E-state index in [0.717, 1.165) is 4.90 Å². The number of ether oxygens (including phenoxy) is 1. The Hall–Kier alpha value is -2.44. The lowest BCUT2D eigenvalue weighted by Crippen LogP contribution is -2.42. The monoisotopic (exact) mass is 275 g/mol. The molecule has 0 bridgehead atoms. The third kappa shape index (κ3) is 2.11. The van der Waals surface area contributed by atoms with Gasteiger partial charge in [0.05, 0.1) is 11.6 Å². The molecule has 3 rings (SSSR count). The minimum atomic E-state index is -0.615. The van der Waals surface area contributed by atoms with Crippen LogP contribution in [0.4, 0.5) is 4.79 Å². The van der Waals surface area contributed by atoms with Crippen LogP contribution >= 0.6 is 0 Å².